The molecule has 1 saturated carbocycles. The van der Waals surface area contributed by atoms with Gasteiger partial charge in [-0.05, 0) is 44.0 Å². The molecule has 0 saturated heterocycles. The maximum atomic E-state index is 11.9. The van der Waals surface area contributed by atoms with Crippen molar-refractivity contribution in [1.82, 2.24) is 9.97 Å². The van der Waals surface area contributed by atoms with Crippen molar-refractivity contribution in [1.29, 1.82) is 0 Å². The summed E-state index contributed by atoms with van der Waals surface area (Å²) >= 11 is 1.35. The number of ether oxygens (including phenoxy) is 1. The van der Waals surface area contributed by atoms with Crippen LogP contribution >= 0.6 is 11.3 Å². The van der Waals surface area contributed by atoms with Gasteiger partial charge in [0, 0.05) is 11.5 Å². The van der Waals surface area contributed by atoms with Crippen molar-refractivity contribution < 1.29 is 14.3 Å². The fraction of sp³-hybridized carbons (Fsp3) is 0.263. The molecule has 132 valence electrons. The summed E-state index contributed by atoms with van der Waals surface area (Å²) in [5.74, 6) is -0.180. The van der Waals surface area contributed by atoms with Gasteiger partial charge in [-0.25, -0.2) is 14.8 Å². The number of hydrogen-bond donors (Lipinski definition) is 1. The van der Waals surface area contributed by atoms with Gasteiger partial charge in [-0.3, -0.25) is 4.79 Å². The summed E-state index contributed by atoms with van der Waals surface area (Å²) in [6.07, 6.45) is 1.91. The van der Waals surface area contributed by atoms with E-state index < -0.39 is 0 Å². The maximum Gasteiger partial charge on any atom is 0.338 e. The smallest absolute Gasteiger partial charge is 0.338 e. The van der Waals surface area contributed by atoms with Crippen LogP contribution in [-0.2, 0) is 9.53 Å². The Morgan fingerprint density at radius 1 is 1.23 bits per heavy atom. The molecule has 0 spiro atoms. The van der Waals surface area contributed by atoms with Gasteiger partial charge in [0.2, 0.25) is 5.91 Å². The molecule has 0 bridgehead atoms. The van der Waals surface area contributed by atoms with Crippen LogP contribution < -0.4 is 5.32 Å². The first-order valence-electron chi connectivity index (χ1n) is 8.50. The van der Waals surface area contributed by atoms with Gasteiger partial charge in [-0.1, -0.05) is 23.5 Å². The van der Waals surface area contributed by atoms with E-state index in [1.807, 2.05) is 18.2 Å². The van der Waals surface area contributed by atoms with E-state index in [9.17, 15) is 9.59 Å². The number of amides is 1. The zero-order chi connectivity index (χ0) is 18.1. The summed E-state index contributed by atoms with van der Waals surface area (Å²) in [6.45, 7) is 2.12. The van der Waals surface area contributed by atoms with E-state index in [1.165, 1.54) is 11.3 Å². The van der Waals surface area contributed by atoms with Crippen LogP contribution in [0.2, 0.25) is 0 Å². The molecule has 6 nitrogen and oxygen atoms in total. The lowest BCUT2D eigenvalue weighted by Crippen LogP contribution is -2.12. The molecule has 1 N–H and O–H groups in total. The molecule has 0 atom stereocenters. The summed E-state index contributed by atoms with van der Waals surface area (Å²) in [7, 11) is 0. The average molecular weight is 367 g/mol. The predicted molar refractivity (Wildman–Crippen MR) is 100 cm³/mol. The monoisotopic (exact) mass is 367 g/mol. The normalized spacial score (nSPS) is 13.6. The molecule has 1 fully saturated rings. The third-order valence-corrected chi connectivity index (χ3v) is 4.98. The van der Waals surface area contributed by atoms with Crippen LogP contribution in [0, 0.1) is 5.92 Å². The lowest BCUT2D eigenvalue weighted by atomic mass is 10.1. The van der Waals surface area contributed by atoms with Gasteiger partial charge in [-0.15, -0.1) is 0 Å². The van der Waals surface area contributed by atoms with E-state index in [1.54, 1.807) is 25.1 Å². The van der Waals surface area contributed by atoms with Crippen molar-refractivity contribution in [3.8, 4) is 11.3 Å². The van der Waals surface area contributed by atoms with Crippen molar-refractivity contribution in [2.24, 2.45) is 5.92 Å². The number of rotatable bonds is 5. The number of anilines is 1. The Morgan fingerprint density at radius 2 is 2.08 bits per heavy atom. The Kier molecular flexibility index (Phi) is 4.38. The van der Waals surface area contributed by atoms with Crippen LogP contribution in [0.5, 0.6) is 0 Å². The van der Waals surface area contributed by atoms with E-state index in [0.29, 0.717) is 17.3 Å². The Bertz CT molecular complexity index is 995. The molecule has 2 heterocycles. The highest BCUT2D eigenvalue weighted by Gasteiger charge is 2.30. The minimum Gasteiger partial charge on any atom is -0.462 e. The molecule has 0 radical (unpaired) electrons. The van der Waals surface area contributed by atoms with Crippen LogP contribution in [-0.4, -0.2) is 28.5 Å². The van der Waals surface area contributed by atoms with Crippen molar-refractivity contribution in [2.45, 2.75) is 19.8 Å². The number of nitrogens with zero attached hydrogens (tertiary/aromatic N) is 2. The third kappa shape index (κ3) is 3.43. The van der Waals surface area contributed by atoms with Crippen molar-refractivity contribution in [3.63, 3.8) is 0 Å². The number of carbonyl (C=O) groups excluding carboxylic acids is 2. The van der Waals surface area contributed by atoms with Crippen LogP contribution in [0.15, 0.2) is 36.4 Å². The molecule has 7 heteroatoms. The zero-order valence-corrected chi connectivity index (χ0v) is 15.0. The molecule has 2 aromatic heterocycles. The van der Waals surface area contributed by atoms with Crippen molar-refractivity contribution >= 4 is 38.7 Å². The Labute approximate surface area is 154 Å². The van der Waals surface area contributed by atoms with Crippen LogP contribution in [0.3, 0.4) is 0 Å². The largest absolute Gasteiger partial charge is 0.462 e. The lowest BCUT2D eigenvalue weighted by Gasteiger charge is -2.04. The standard InChI is InChI=1S/C19H17N3O3S/c1-2-25-18(24)13-5-3-4-12(10-13)14-8-9-15-17(20-14)26-19(21-15)22-16(23)11-6-7-11/h3-5,8-11H,2,6-7H2,1H3,(H,21,22,23). The minimum absolute atomic E-state index is 0.0337. The molecule has 1 aromatic carbocycles. The second-order valence-corrected chi connectivity index (χ2v) is 7.08. The van der Waals surface area contributed by atoms with Gasteiger partial charge in [0.15, 0.2) is 5.13 Å². The zero-order valence-electron chi connectivity index (χ0n) is 14.2. The van der Waals surface area contributed by atoms with E-state index in [4.69, 9.17) is 4.74 Å². The van der Waals surface area contributed by atoms with Gasteiger partial charge >= 0.3 is 5.97 Å². The first-order valence-corrected chi connectivity index (χ1v) is 9.31. The summed E-state index contributed by atoms with van der Waals surface area (Å²) < 4.78 is 5.05. The van der Waals surface area contributed by atoms with Gasteiger partial charge in [-0.2, -0.15) is 0 Å². The minimum atomic E-state index is -0.349. The number of esters is 1. The molecular weight excluding hydrogens is 350 g/mol. The van der Waals surface area contributed by atoms with Crippen LogP contribution in [0.25, 0.3) is 21.6 Å². The molecule has 1 aliphatic carbocycles. The summed E-state index contributed by atoms with van der Waals surface area (Å²) in [5.41, 5.74) is 2.81. The number of carbonyl (C=O) groups is 2. The Morgan fingerprint density at radius 3 is 2.85 bits per heavy atom. The number of benzene rings is 1. The number of pyridine rings is 1. The van der Waals surface area contributed by atoms with Gasteiger partial charge in [0.05, 0.1) is 17.9 Å². The summed E-state index contributed by atoms with van der Waals surface area (Å²) in [5, 5.41) is 3.43. The van der Waals surface area contributed by atoms with E-state index in [-0.39, 0.29) is 17.8 Å². The molecular formula is C19H17N3O3S. The third-order valence-electron chi connectivity index (χ3n) is 4.10. The topological polar surface area (TPSA) is 81.2 Å². The summed E-state index contributed by atoms with van der Waals surface area (Å²) in [4.78, 5) is 33.6. The number of nitrogens with one attached hydrogen (secondary N) is 1. The second-order valence-electron chi connectivity index (χ2n) is 6.10. The van der Waals surface area contributed by atoms with Crippen LogP contribution in [0.1, 0.15) is 30.1 Å². The van der Waals surface area contributed by atoms with Crippen LogP contribution in [0.4, 0.5) is 5.13 Å². The maximum absolute atomic E-state index is 11.9. The highest BCUT2D eigenvalue weighted by atomic mass is 32.1. The fourth-order valence-corrected chi connectivity index (χ4v) is 3.45. The average Bonchev–Trinajstić information content (AvgIpc) is 3.42. The highest BCUT2D eigenvalue weighted by Crippen LogP contribution is 2.32. The van der Waals surface area contributed by atoms with Crippen molar-refractivity contribution in [3.05, 3.63) is 42.0 Å². The van der Waals surface area contributed by atoms with Gasteiger partial charge < -0.3 is 10.1 Å². The molecule has 0 aliphatic heterocycles. The molecule has 26 heavy (non-hydrogen) atoms. The van der Waals surface area contributed by atoms with E-state index >= 15 is 0 Å². The number of fused-ring (bicyclic) bond motifs is 1. The molecule has 1 amide bonds. The first-order chi connectivity index (χ1) is 12.6. The Hall–Kier alpha value is -2.80. The molecule has 4 rings (SSSR count). The molecule has 0 unspecified atom stereocenters. The predicted octanol–water partition coefficient (Wildman–Crippen LogP) is 3.88. The molecule has 1 aliphatic rings. The summed E-state index contributed by atoms with van der Waals surface area (Å²) in [6, 6.07) is 10.9. The quantitative estimate of drug-likeness (QED) is 0.692. The molecule has 3 aromatic rings. The fourth-order valence-electron chi connectivity index (χ4n) is 2.60. The lowest BCUT2D eigenvalue weighted by molar-refractivity contribution is -0.117. The van der Waals surface area contributed by atoms with Gasteiger partial charge in [0.25, 0.3) is 0 Å². The number of thiazole rings is 1. The SMILES string of the molecule is CCOC(=O)c1cccc(-c2ccc3nc(NC(=O)C4CC4)sc3n2)c1. The van der Waals surface area contributed by atoms with E-state index in [2.05, 4.69) is 15.3 Å². The van der Waals surface area contributed by atoms with Gasteiger partial charge in [0.1, 0.15) is 10.3 Å². The first kappa shape index (κ1) is 16.7. The Balaban J connectivity index is 1.61. The number of hydrogen-bond acceptors (Lipinski definition) is 6. The van der Waals surface area contributed by atoms with E-state index in [0.717, 1.165) is 34.4 Å². The second kappa shape index (κ2) is 6.84. The van der Waals surface area contributed by atoms with Crippen molar-refractivity contribution in [2.75, 3.05) is 11.9 Å². The highest BCUT2D eigenvalue weighted by molar-refractivity contribution is 7.22. The number of aromatic nitrogens is 2.